The lowest BCUT2D eigenvalue weighted by atomic mass is 10.2. The number of nitrogens with two attached hydrogens (primary N) is 1. The molecule has 0 unspecified atom stereocenters. The fourth-order valence-corrected chi connectivity index (χ4v) is 4.15. The van der Waals surface area contributed by atoms with Gasteiger partial charge in [0.15, 0.2) is 0 Å². The molecule has 0 aliphatic carbocycles. The Hall–Kier alpha value is -2.52. The first-order valence-corrected chi connectivity index (χ1v) is 9.91. The standard InChI is InChI=1S/C19H25N7O2/c1-2-14-9-25(3-4-27-14)17-6-16(12-7-21-18(20)22-8-12)23-19(24-17)26-10-15-5-13(26)11-28-15/h6-8,13-15H,2-5,9-11H2,1H3,(H2,20,21,22)/t13-,14-,15-/m0/s1. The van der Waals surface area contributed by atoms with Gasteiger partial charge in [0.25, 0.3) is 0 Å². The molecule has 3 saturated heterocycles. The van der Waals surface area contributed by atoms with Crippen LogP contribution in [-0.4, -0.2) is 71.0 Å². The second-order valence-electron chi connectivity index (χ2n) is 7.59. The predicted octanol–water partition coefficient (Wildman–Crippen LogP) is 1.11. The van der Waals surface area contributed by atoms with Crippen LogP contribution in [0.2, 0.25) is 0 Å². The number of nitrogens with zero attached hydrogens (tertiary/aromatic N) is 6. The molecule has 3 atom stereocenters. The summed E-state index contributed by atoms with van der Waals surface area (Å²) in [4.78, 5) is 22.6. The summed E-state index contributed by atoms with van der Waals surface area (Å²) in [5, 5.41) is 0. The zero-order valence-electron chi connectivity index (χ0n) is 16.0. The van der Waals surface area contributed by atoms with Gasteiger partial charge in [0.1, 0.15) is 5.82 Å². The van der Waals surface area contributed by atoms with Gasteiger partial charge in [-0.2, -0.15) is 4.98 Å². The average Bonchev–Trinajstić information content (AvgIpc) is 3.38. The summed E-state index contributed by atoms with van der Waals surface area (Å²) in [6.07, 6.45) is 5.97. The summed E-state index contributed by atoms with van der Waals surface area (Å²) >= 11 is 0. The molecule has 0 amide bonds. The predicted molar refractivity (Wildman–Crippen MR) is 105 cm³/mol. The van der Waals surface area contributed by atoms with Gasteiger partial charge in [-0.05, 0) is 12.8 Å². The van der Waals surface area contributed by atoms with Crippen LogP contribution in [0.1, 0.15) is 19.8 Å². The van der Waals surface area contributed by atoms with E-state index in [-0.39, 0.29) is 18.2 Å². The maximum atomic E-state index is 5.83. The molecule has 2 aromatic heterocycles. The van der Waals surface area contributed by atoms with Crippen LogP contribution < -0.4 is 15.5 Å². The number of morpholine rings is 2. The number of hydrogen-bond acceptors (Lipinski definition) is 9. The van der Waals surface area contributed by atoms with Crippen LogP contribution in [0.25, 0.3) is 11.3 Å². The highest BCUT2D eigenvalue weighted by Crippen LogP contribution is 2.33. The van der Waals surface area contributed by atoms with Crippen molar-refractivity contribution >= 4 is 17.7 Å². The monoisotopic (exact) mass is 383 g/mol. The molecular formula is C19H25N7O2. The molecule has 2 aromatic rings. The van der Waals surface area contributed by atoms with Crippen molar-refractivity contribution in [2.24, 2.45) is 0 Å². The third-order valence-electron chi connectivity index (χ3n) is 5.74. The van der Waals surface area contributed by atoms with Crippen LogP contribution >= 0.6 is 0 Å². The minimum Gasteiger partial charge on any atom is -0.375 e. The van der Waals surface area contributed by atoms with Gasteiger partial charge in [-0.1, -0.05) is 6.92 Å². The lowest BCUT2D eigenvalue weighted by molar-refractivity contribution is 0.0381. The van der Waals surface area contributed by atoms with Crippen molar-refractivity contribution in [2.75, 3.05) is 48.4 Å². The summed E-state index contributed by atoms with van der Waals surface area (Å²) in [7, 11) is 0. The van der Waals surface area contributed by atoms with Gasteiger partial charge in [0.2, 0.25) is 11.9 Å². The summed E-state index contributed by atoms with van der Waals surface area (Å²) in [5.74, 6) is 1.92. The second kappa shape index (κ2) is 7.14. The van der Waals surface area contributed by atoms with E-state index in [0.29, 0.717) is 12.6 Å². The Balaban J connectivity index is 1.53. The van der Waals surface area contributed by atoms with Crippen molar-refractivity contribution in [3.05, 3.63) is 18.5 Å². The Kier molecular flexibility index (Phi) is 4.48. The lowest BCUT2D eigenvalue weighted by Gasteiger charge is -2.34. The first kappa shape index (κ1) is 17.6. The van der Waals surface area contributed by atoms with Crippen molar-refractivity contribution in [2.45, 2.75) is 38.0 Å². The van der Waals surface area contributed by atoms with Crippen LogP contribution in [0.5, 0.6) is 0 Å². The van der Waals surface area contributed by atoms with Crippen molar-refractivity contribution < 1.29 is 9.47 Å². The second-order valence-corrected chi connectivity index (χ2v) is 7.59. The maximum absolute atomic E-state index is 5.83. The number of rotatable bonds is 4. The smallest absolute Gasteiger partial charge is 0.228 e. The molecule has 5 heterocycles. The fraction of sp³-hybridized carbons (Fsp3) is 0.579. The molecule has 3 fully saturated rings. The Bertz CT molecular complexity index is 847. The molecular weight excluding hydrogens is 358 g/mol. The molecule has 0 aromatic carbocycles. The van der Waals surface area contributed by atoms with Crippen LogP contribution in [0, 0.1) is 0 Å². The van der Waals surface area contributed by atoms with Crippen molar-refractivity contribution in [1.82, 2.24) is 19.9 Å². The first-order chi connectivity index (χ1) is 13.7. The molecule has 0 spiro atoms. The number of ether oxygens (including phenoxy) is 2. The SMILES string of the molecule is CC[C@H]1CN(c2cc(-c3cnc(N)nc3)nc(N3C[C@@H]4C[C@H]3CO4)n2)CCO1. The van der Waals surface area contributed by atoms with E-state index in [4.69, 9.17) is 25.2 Å². The van der Waals surface area contributed by atoms with E-state index in [9.17, 15) is 0 Å². The van der Waals surface area contributed by atoms with Crippen LogP contribution in [0.15, 0.2) is 18.5 Å². The number of nitrogen functional groups attached to an aromatic ring is 1. The molecule has 0 saturated carbocycles. The van der Waals surface area contributed by atoms with E-state index in [1.807, 2.05) is 6.07 Å². The number of hydrogen-bond donors (Lipinski definition) is 1. The molecule has 9 nitrogen and oxygen atoms in total. The fourth-order valence-electron chi connectivity index (χ4n) is 4.15. The van der Waals surface area contributed by atoms with Gasteiger partial charge in [-0.25, -0.2) is 15.0 Å². The highest BCUT2D eigenvalue weighted by molar-refractivity contribution is 5.64. The topological polar surface area (TPSA) is 103 Å². The first-order valence-electron chi connectivity index (χ1n) is 9.91. The molecule has 0 radical (unpaired) electrons. The Morgan fingerprint density at radius 1 is 1.18 bits per heavy atom. The minimum absolute atomic E-state index is 0.228. The van der Waals surface area contributed by atoms with Gasteiger partial charge in [-0.15, -0.1) is 0 Å². The van der Waals surface area contributed by atoms with Gasteiger partial charge in [0, 0.05) is 43.7 Å². The van der Waals surface area contributed by atoms with E-state index in [2.05, 4.69) is 26.7 Å². The third kappa shape index (κ3) is 3.24. The van der Waals surface area contributed by atoms with Crippen molar-refractivity contribution in [1.29, 1.82) is 0 Å². The summed E-state index contributed by atoms with van der Waals surface area (Å²) < 4.78 is 11.6. The van der Waals surface area contributed by atoms with E-state index >= 15 is 0 Å². The molecule has 3 aliphatic heterocycles. The van der Waals surface area contributed by atoms with Gasteiger partial charge >= 0.3 is 0 Å². The normalized spacial score (nSPS) is 26.8. The van der Waals surface area contributed by atoms with Crippen LogP contribution in [-0.2, 0) is 9.47 Å². The Morgan fingerprint density at radius 3 is 2.75 bits per heavy atom. The summed E-state index contributed by atoms with van der Waals surface area (Å²) in [6.45, 7) is 6.10. The van der Waals surface area contributed by atoms with Gasteiger partial charge in [-0.3, -0.25) is 0 Å². The molecule has 3 aliphatic rings. The highest BCUT2D eigenvalue weighted by Gasteiger charge is 2.40. The van der Waals surface area contributed by atoms with Gasteiger partial charge < -0.3 is 25.0 Å². The van der Waals surface area contributed by atoms with Crippen LogP contribution in [0.4, 0.5) is 17.7 Å². The highest BCUT2D eigenvalue weighted by atomic mass is 16.5. The Labute approximate surface area is 163 Å². The molecule has 5 rings (SSSR count). The third-order valence-corrected chi connectivity index (χ3v) is 5.74. The zero-order valence-corrected chi connectivity index (χ0v) is 16.0. The number of fused-ring (bicyclic) bond motifs is 2. The largest absolute Gasteiger partial charge is 0.375 e. The molecule has 148 valence electrons. The van der Waals surface area contributed by atoms with E-state index in [0.717, 1.165) is 62.1 Å². The number of anilines is 3. The minimum atomic E-state index is 0.228. The molecule has 2 bridgehead atoms. The molecule has 9 heteroatoms. The number of aromatic nitrogens is 4. The molecule has 28 heavy (non-hydrogen) atoms. The van der Waals surface area contributed by atoms with Crippen LogP contribution in [0.3, 0.4) is 0 Å². The van der Waals surface area contributed by atoms with Gasteiger partial charge in [0.05, 0.1) is 37.2 Å². The Morgan fingerprint density at radius 2 is 2.04 bits per heavy atom. The summed E-state index contributed by atoms with van der Waals surface area (Å²) in [6, 6.07) is 2.37. The molecule has 2 N–H and O–H groups in total. The quantitative estimate of drug-likeness (QED) is 0.831. The van der Waals surface area contributed by atoms with Crippen molar-refractivity contribution in [3.63, 3.8) is 0 Å². The van der Waals surface area contributed by atoms with E-state index in [1.165, 1.54) is 0 Å². The summed E-state index contributed by atoms with van der Waals surface area (Å²) in [5.41, 5.74) is 7.30. The maximum Gasteiger partial charge on any atom is 0.228 e. The van der Waals surface area contributed by atoms with E-state index < -0.39 is 0 Å². The average molecular weight is 383 g/mol. The van der Waals surface area contributed by atoms with E-state index in [1.54, 1.807) is 12.4 Å². The lowest BCUT2D eigenvalue weighted by Crippen LogP contribution is -2.43. The van der Waals surface area contributed by atoms with Crippen molar-refractivity contribution in [3.8, 4) is 11.3 Å². The zero-order chi connectivity index (χ0) is 19.1.